The number of anilines is 2. The van der Waals surface area contributed by atoms with Crippen LogP contribution in [0.25, 0.3) is 16.7 Å². The van der Waals surface area contributed by atoms with E-state index in [-0.39, 0.29) is 11.4 Å². The molecular weight excluding hydrogens is 418 g/mol. The van der Waals surface area contributed by atoms with E-state index in [1.165, 1.54) is 11.1 Å². The van der Waals surface area contributed by atoms with Crippen LogP contribution < -0.4 is 16.2 Å². The lowest BCUT2D eigenvalue weighted by molar-refractivity contribution is 0.0686. The van der Waals surface area contributed by atoms with Crippen molar-refractivity contribution in [1.82, 2.24) is 29.6 Å². The first-order valence-corrected chi connectivity index (χ1v) is 11.1. The minimum atomic E-state index is -1.20. The molecule has 3 N–H and O–H groups in total. The molecule has 0 unspecified atom stereocenters. The van der Waals surface area contributed by atoms with Gasteiger partial charge in [-0.05, 0) is 57.0 Å². The molecule has 1 aliphatic heterocycles. The fourth-order valence-electron chi connectivity index (χ4n) is 4.21. The van der Waals surface area contributed by atoms with Crippen LogP contribution in [0.4, 0.5) is 11.5 Å². The Morgan fingerprint density at radius 3 is 2.82 bits per heavy atom. The highest BCUT2D eigenvalue weighted by Crippen LogP contribution is 2.25. The summed E-state index contributed by atoms with van der Waals surface area (Å²) >= 11 is 0. The van der Waals surface area contributed by atoms with Crippen molar-refractivity contribution in [2.75, 3.05) is 11.9 Å². The molecule has 0 saturated carbocycles. The lowest BCUT2D eigenvalue weighted by Gasteiger charge is -2.18. The molecule has 0 fully saturated rings. The number of aliphatic hydroxyl groups is 1. The SMILES string of the molecule is CCn1c(=O)c2cnc(Nc3ccc4c(c3)CCNC4)cc2n1-c1ccnc(C(C)(C)O)n1. The van der Waals surface area contributed by atoms with Crippen molar-refractivity contribution >= 4 is 22.4 Å². The Hall–Kier alpha value is -3.56. The predicted molar refractivity (Wildman–Crippen MR) is 127 cm³/mol. The molecule has 0 radical (unpaired) electrons. The average Bonchev–Trinajstić information content (AvgIpc) is 3.09. The summed E-state index contributed by atoms with van der Waals surface area (Å²) in [7, 11) is 0. The third-order valence-electron chi connectivity index (χ3n) is 5.89. The number of nitrogens with one attached hydrogen (secondary N) is 2. The fourth-order valence-corrected chi connectivity index (χ4v) is 4.21. The van der Waals surface area contributed by atoms with Gasteiger partial charge in [0.15, 0.2) is 11.6 Å². The summed E-state index contributed by atoms with van der Waals surface area (Å²) in [5, 5.41) is 17.6. The van der Waals surface area contributed by atoms with Gasteiger partial charge < -0.3 is 15.7 Å². The van der Waals surface area contributed by atoms with Gasteiger partial charge >= 0.3 is 0 Å². The second kappa shape index (κ2) is 8.09. The lowest BCUT2D eigenvalue weighted by atomic mass is 10.0. The largest absolute Gasteiger partial charge is 0.382 e. The van der Waals surface area contributed by atoms with Crippen LogP contribution in [0.15, 0.2) is 47.5 Å². The third kappa shape index (κ3) is 3.90. The van der Waals surface area contributed by atoms with Gasteiger partial charge in [0, 0.05) is 43.3 Å². The standard InChI is InChI=1S/C24H27N7O2/c1-4-30-22(32)18-14-27-20(28-17-6-5-16-13-25-9-7-15(16)11-17)12-19(18)31(30)21-8-10-26-23(29-21)24(2,3)33/h5-6,8,10-12,14,25,33H,4,7,9,13H2,1-3H3,(H,27,28). The molecule has 0 saturated heterocycles. The van der Waals surface area contributed by atoms with E-state index >= 15 is 0 Å². The van der Waals surface area contributed by atoms with Crippen LogP contribution in [0.5, 0.6) is 0 Å². The Morgan fingerprint density at radius 1 is 1.18 bits per heavy atom. The van der Waals surface area contributed by atoms with E-state index in [1.54, 1.807) is 41.7 Å². The Kier molecular flexibility index (Phi) is 5.22. The third-order valence-corrected chi connectivity index (χ3v) is 5.89. The van der Waals surface area contributed by atoms with Crippen LogP contribution >= 0.6 is 0 Å². The number of hydrogen-bond donors (Lipinski definition) is 3. The maximum absolute atomic E-state index is 13.0. The minimum Gasteiger partial charge on any atom is -0.382 e. The molecule has 0 amide bonds. The smallest absolute Gasteiger partial charge is 0.276 e. The normalized spacial score (nSPS) is 13.8. The van der Waals surface area contributed by atoms with Crippen LogP contribution in [0.1, 0.15) is 37.7 Å². The van der Waals surface area contributed by atoms with E-state index < -0.39 is 5.60 Å². The van der Waals surface area contributed by atoms with E-state index in [0.29, 0.717) is 29.1 Å². The zero-order chi connectivity index (χ0) is 23.2. The van der Waals surface area contributed by atoms with Gasteiger partial charge in [0.25, 0.3) is 5.56 Å². The molecule has 3 aromatic heterocycles. The molecule has 5 rings (SSSR count). The van der Waals surface area contributed by atoms with Gasteiger partial charge in [-0.25, -0.2) is 24.3 Å². The summed E-state index contributed by atoms with van der Waals surface area (Å²) in [6.45, 7) is 7.49. The van der Waals surface area contributed by atoms with Crippen LogP contribution in [0.2, 0.25) is 0 Å². The molecule has 4 heterocycles. The second-order valence-electron chi connectivity index (χ2n) is 8.75. The van der Waals surface area contributed by atoms with E-state index in [2.05, 4.69) is 37.7 Å². The Morgan fingerprint density at radius 2 is 2.03 bits per heavy atom. The van der Waals surface area contributed by atoms with Crippen molar-refractivity contribution in [3.05, 3.63) is 70.0 Å². The zero-order valence-electron chi connectivity index (χ0n) is 19.0. The summed E-state index contributed by atoms with van der Waals surface area (Å²) in [5.41, 5.74) is 2.94. The number of pyridine rings is 1. The molecule has 170 valence electrons. The van der Waals surface area contributed by atoms with Gasteiger partial charge in [-0.3, -0.25) is 4.79 Å². The topological polar surface area (TPSA) is 110 Å². The van der Waals surface area contributed by atoms with Gasteiger partial charge in [-0.1, -0.05) is 6.07 Å². The van der Waals surface area contributed by atoms with Gasteiger partial charge in [-0.15, -0.1) is 0 Å². The van der Waals surface area contributed by atoms with Crippen LogP contribution in [0.3, 0.4) is 0 Å². The number of benzene rings is 1. The molecule has 33 heavy (non-hydrogen) atoms. The molecule has 1 aromatic carbocycles. The van der Waals surface area contributed by atoms with Gasteiger partial charge in [0.2, 0.25) is 0 Å². The number of fused-ring (bicyclic) bond motifs is 2. The summed E-state index contributed by atoms with van der Waals surface area (Å²) in [6.07, 6.45) is 4.19. The fraction of sp³-hybridized carbons (Fsp3) is 0.333. The molecule has 0 spiro atoms. The summed E-state index contributed by atoms with van der Waals surface area (Å²) in [4.78, 5) is 26.3. The first kappa shape index (κ1) is 21.3. The second-order valence-corrected chi connectivity index (χ2v) is 8.75. The monoisotopic (exact) mass is 445 g/mol. The van der Waals surface area contributed by atoms with Crippen LogP contribution in [-0.4, -0.2) is 36.0 Å². The first-order valence-electron chi connectivity index (χ1n) is 11.1. The molecular formula is C24H27N7O2. The van der Waals surface area contributed by atoms with E-state index in [9.17, 15) is 9.90 Å². The Labute approximate surface area is 191 Å². The quantitative estimate of drug-likeness (QED) is 0.433. The zero-order valence-corrected chi connectivity index (χ0v) is 19.0. The van der Waals surface area contributed by atoms with Gasteiger partial charge in [0.05, 0.1) is 10.9 Å². The average molecular weight is 446 g/mol. The van der Waals surface area contributed by atoms with Gasteiger partial charge in [-0.2, -0.15) is 0 Å². The Balaban J connectivity index is 1.60. The highest BCUT2D eigenvalue weighted by atomic mass is 16.3. The molecule has 0 aliphatic carbocycles. The summed E-state index contributed by atoms with van der Waals surface area (Å²) < 4.78 is 3.37. The highest BCUT2D eigenvalue weighted by Gasteiger charge is 2.22. The van der Waals surface area contributed by atoms with E-state index in [0.717, 1.165) is 25.2 Å². The summed E-state index contributed by atoms with van der Waals surface area (Å²) in [5.74, 6) is 1.43. The van der Waals surface area contributed by atoms with Crippen molar-refractivity contribution in [3.63, 3.8) is 0 Å². The van der Waals surface area contributed by atoms with Gasteiger partial charge in [0.1, 0.15) is 11.4 Å². The number of rotatable bonds is 5. The van der Waals surface area contributed by atoms with Crippen molar-refractivity contribution in [2.24, 2.45) is 0 Å². The number of nitrogens with zero attached hydrogens (tertiary/aromatic N) is 5. The molecule has 4 aromatic rings. The Bertz CT molecular complexity index is 1400. The highest BCUT2D eigenvalue weighted by molar-refractivity contribution is 5.82. The molecule has 0 bridgehead atoms. The minimum absolute atomic E-state index is 0.142. The number of aromatic nitrogens is 5. The van der Waals surface area contributed by atoms with Crippen molar-refractivity contribution in [3.8, 4) is 5.82 Å². The summed E-state index contributed by atoms with van der Waals surface area (Å²) in [6, 6.07) is 9.92. The maximum atomic E-state index is 13.0. The molecule has 1 aliphatic rings. The van der Waals surface area contributed by atoms with E-state index in [4.69, 9.17) is 0 Å². The van der Waals surface area contributed by atoms with Crippen molar-refractivity contribution in [1.29, 1.82) is 0 Å². The van der Waals surface area contributed by atoms with E-state index in [1.807, 2.05) is 19.1 Å². The molecule has 9 heteroatoms. The van der Waals surface area contributed by atoms with Crippen LogP contribution in [-0.2, 0) is 25.1 Å². The number of hydrogen-bond acceptors (Lipinski definition) is 7. The lowest BCUT2D eigenvalue weighted by Crippen LogP contribution is -2.24. The maximum Gasteiger partial charge on any atom is 0.276 e. The van der Waals surface area contributed by atoms with Crippen molar-refractivity contribution < 1.29 is 5.11 Å². The van der Waals surface area contributed by atoms with Crippen molar-refractivity contribution in [2.45, 2.75) is 45.9 Å². The molecule has 9 nitrogen and oxygen atoms in total. The molecule has 0 atom stereocenters. The predicted octanol–water partition coefficient (Wildman–Crippen LogP) is 2.61. The first-order chi connectivity index (χ1) is 15.8. The van der Waals surface area contributed by atoms with Crippen LogP contribution in [0, 0.1) is 0 Å².